The van der Waals surface area contributed by atoms with Crippen molar-refractivity contribution in [3.8, 4) is 0 Å². The first-order valence-electron chi connectivity index (χ1n) is 9.25. The molecule has 1 unspecified atom stereocenters. The number of rotatable bonds is 9. The summed E-state index contributed by atoms with van der Waals surface area (Å²) in [5.74, 6) is 0.119. The Morgan fingerprint density at radius 2 is 1.64 bits per heavy atom. The molecule has 0 aliphatic heterocycles. The summed E-state index contributed by atoms with van der Waals surface area (Å²) in [6.45, 7) is 8.99. The van der Waals surface area contributed by atoms with Gasteiger partial charge in [-0.05, 0) is 37.6 Å². The minimum atomic E-state index is 0.119. The lowest BCUT2D eigenvalue weighted by Gasteiger charge is -2.30. The zero-order valence-electron chi connectivity index (χ0n) is 15.7. The Balaban J connectivity index is 1.90. The lowest BCUT2D eigenvalue weighted by Crippen LogP contribution is -2.38. The van der Waals surface area contributed by atoms with Gasteiger partial charge in [-0.1, -0.05) is 74.0 Å². The number of carbonyl (C=O) groups is 1. The predicted molar refractivity (Wildman–Crippen MR) is 105 cm³/mol. The van der Waals surface area contributed by atoms with E-state index in [-0.39, 0.29) is 11.9 Å². The smallest absolute Gasteiger partial charge is 0.220 e. The molecule has 0 aliphatic carbocycles. The Hall–Kier alpha value is -2.13. The SMILES string of the molecule is CCN(CC)C(CNC(=O)CCc1ccc(C)cc1)c1ccccc1. The number of likely N-dealkylation sites (N-methyl/N-ethyl adjacent to an activating group) is 1. The van der Waals surface area contributed by atoms with Gasteiger partial charge >= 0.3 is 0 Å². The highest BCUT2D eigenvalue weighted by molar-refractivity contribution is 5.76. The lowest BCUT2D eigenvalue weighted by atomic mass is 10.0. The first kappa shape index (κ1) is 19.2. The maximum Gasteiger partial charge on any atom is 0.220 e. The van der Waals surface area contributed by atoms with Crippen LogP contribution in [-0.4, -0.2) is 30.4 Å². The Bertz CT molecular complexity index is 633. The lowest BCUT2D eigenvalue weighted by molar-refractivity contribution is -0.121. The van der Waals surface area contributed by atoms with Crippen molar-refractivity contribution in [3.05, 3.63) is 71.3 Å². The van der Waals surface area contributed by atoms with Gasteiger partial charge in [-0.2, -0.15) is 0 Å². The second-order valence-corrected chi connectivity index (χ2v) is 6.44. The Morgan fingerprint density at radius 3 is 2.24 bits per heavy atom. The normalized spacial score (nSPS) is 12.2. The number of hydrogen-bond donors (Lipinski definition) is 1. The molecule has 0 fully saturated rings. The number of nitrogens with zero attached hydrogens (tertiary/aromatic N) is 1. The summed E-state index contributed by atoms with van der Waals surface area (Å²) in [6.07, 6.45) is 1.32. The first-order chi connectivity index (χ1) is 12.1. The summed E-state index contributed by atoms with van der Waals surface area (Å²) in [7, 11) is 0. The second kappa shape index (κ2) is 10.00. The summed E-state index contributed by atoms with van der Waals surface area (Å²) in [4.78, 5) is 14.7. The van der Waals surface area contributed by atoms with Crippen molar-refractivity contribution in [2.75, 3.05) is 19.6 Å². The minimum Gasteiger partial charge on any atom is -0.354 e. The molecule has 0 bridgehead atoms. The molecule has 134 valence electrons. The maximum atomic E-state index is 12.3. The van der Waals surface area contributed by atoms with E-state index < -0.39 is 0 Å². The van der Waals surface area contributed by atoms with E-state index in [1.165, 1.54) is 16.7 Å². The first-order valence-corrected chi connectivity index (χ1v) is 9.25. The molecule has 2 rings (SSSR count). The van der Waals surface area contributed by atoms with Crippen LogP contribution in [0.5, 0.6) is 0 Å². The summed E-state index contributed by atoms with van der Waals surface area (Å²) >= 11 is 0. The van der Waals surface area contributed by atoms with Crippen LogP contribution in [0.15, 0.2) is 54.6 Å². The monoisotopic (exact) mass is 338 g/mol. The number of hydrogen-bond acceptors (Lipinski definition) is 2. The van der Waals surface area contributed by atoms with Crippen LogP contribution in [0.1, 0.15) is 43.0 Å². The van der Waals surface area contributed by atoms with Crippen molar-refractivity contribution in [2.24, 2.45) is 0 Å². The average molecular weight is 338 g/mol. The predicted octanol–water partition coefficient (Wildman–Crippen LogP) is 4.13. The van der Waals surface area contributed by atoms with E-state index in [1.54, 1.807) is 0 Å². The number of amides is 1. The summed E-state index contributed by atoms with van der Waals surface area (Å²) < 4.78 is 0. The highest BCUT2D eigenvalue weighted by Gasteiger charge is 2.18. The van der Waals surface area contributed by atoms with Crippen molar-refractivity contribution in [3.63, 3.8) is 0 Å². The van der Waals surface area contributed by atoms with E-state index in [4.69, 9.17) is 0 Å². The van der Waals surface area contributed by atoms with Crippen LogP contribution in [0, 0.1) is 6.92 Å². The number of aryl methyl sites for hydroxylation is 2. The van der Waals surface area contributed by atoms with Gasteiger partial charge in [0.1, 0.15) is 0 Å². The quantitative estimate of drug-likeness (QED) is 0.746. The van der Waals surface area contributed by atoms with Crippen LogP contribution < -0.4 is 5.32 Å². The van der Waals surface area contributed by atoms with Gasteiger partial charge < -0.3 is 5.32 Å². The summed E-state index contributed by atoms with van der Waals surface area (Å²) in [5.41, 5.74) is 3.72. The molecule has 2 aromatic rings. The van der Waals surface area contributed by atoms with Gasteiger partial charge in [-0.25, -0.2) is 0 Å². The van der Waals surface area contributed by atoms with Crippen LogP contribution in [-0.2, 0) is 11.2 Å². The van der Waals surface area contributed by atoms with Gasteiger partial charge in [0.25, 0.3) is 0 Å². The third kappa shape index (κ3) is 6.02. The van der Waals surface area contributed by atoms with Crippen molar-refractivity contribution < 1.29 is 4.79 Å². The van der Waals surface area contributed by atoms with Crippen molar-refractivity contribution in [1.82, 2.24) is 10.2 Å². The maximum absolute atomic E-state index is 12.3. The number of benzene rings is 2. The van der Waals surface area contributed by atoms with E-state index in [0.717, 1.165) is 19.5 Å². The molecule has 0 heterocycles. The van der Waals surface area contributed by atoms with Gasteiger partial charge in [0.05, 0.1) is 6.04 Å². The van der Waals surface area contributed by atoms with Crippen molar-refractivity contribution in [2.45, 2.75) is 39.7 Å². The molecule has 25 heavy (non-hydrogen) atoms. The fourth-order valence-electron chi connectivity index (χ4n) is 3.11. The molecule has 1 N–H and O–H groups in total. The number of carbonyl (C=O) groups excluding carboxylic acids is 1. The minimum absolute atomic E-state index is 0.119. The molecule has 3 heteroatoms. The molecule has 0 radical (unpaired) electrons. The second-order valence-electron chi connectivity index (χ2n) is 6.44. The van der Waals surface area contributed by atoms with Crippen LogP contribution in [0.2, 0.25) is 0 Å². The molecule has 0 aromatic heterocycles. The molecule has 0 spiro atoms. The van der Waals surface area contributed by atoms with Gasteiger partial charge in [0.2, 0.25) is 5.91 Å². The fourth-order valence-corrected chi connectivity index (χ4v) is 3.11. The third-order valence-corrected chi connectivity index (χ3v) is 4.69. The van der Waals surface area contributed by atoms with Crippen LogP contribution in [0.25, 0.3) is 0 Å². The molecule has 3 nitrogen and oxygen atoms in total. The Labute approximate surface area is 152 Å². The van der Waals surface area contributed by atoms with Gasteiger partial charge in [-0.3, -0.25) is 9.69 Å². The summed E-state index contributed by atoms with van der Waals surface area (Å²) in [6, 6.07) is 19.1. The van der Waals surface area contributed by atoms with Crippen LogP contribution in [0.4, 0.5) is 0 Å². The molecule has 1 atom stereocenters. The molecular formula is C22H30N2O. The van der Waals surface area contributed by atoms with Crippen LogP contribution >= 0.6 is 0 Å². The van der Waals surface area contributed by atoms with Crippen molar-refractivity contribution in [1.29, 1.82) is 0 Å². The molecular weight excluding hydrogens is 308 g/mol. The highest BCUT2D eigenvalue weighted by atomic mass is 16.1. The van der Waals surface area contributed by atoms with E-state index >= 15 is 0 Å². The van der Waals surface area contributed by atoms with Gasteiger partial charge in [-0.15, -0.1) is 0 Å². The van der Waals surface area contributed by atoms with Gasteiger partial charge in [0.15, 0.2) is 0 Å². The Kier molecular flexibility index (Phi) is 7.68. The van der Waals surface area contributed by atoms with E-state index in [2.05, 4.69) is 79.5 Å². The van der Waals surface area contributed by atoms with Crippen LogP contribution in [0.3, 0.4) is 0 Å². The standard InChI is InChI=1S/C22H30N2O/c1-4-24(5-2)21(20-9-7-6-8-10-20)17-23-22(25)16-15-19-13-11-18(3)12-14-19/h6-14,21H,4-5,15-17H2,1-3H3,(H,23,25). The highest BCUT2D eigenvalue weighted by Crippen LogP contribution is 2.19. The van der Waals surface area contributed by atoms with E-state index in [0.29, 0.717) is 13.0 Å². The molecule has 0 aliphatic rings. The topological polar surface area (TPSA) is 32.3 Å². The van der Waals surface area contributed by atoms with Gasteiger partial charge in [0, 0.05) is 13.0 Å². The largest absolute Gasteiger partial charge is 0.354 e. The molecule has 2 aromatic carbocycles. The van der Waals surface area contributed by atoms with E-state index in [9.17, 15) is 4.79 Å². The van der Waals surface area contributed by atoms with E-state index in [1.807, 2.05) is 6.07 Å². The molecule has 0 saturated heterocycles. The third-order valence-electron chi connectivity index (χ3n) is 4.69. The molecule has 1 amide bonds. The zero-order chi connectivity index (χ0) is 18.1. The average Bonchev–Trinajstić information content (AvgIpc) is 2.65. The fraction of sp³-hybridized carbons (Fsp3) is 0.409. The summed E-state index contributed by atoms with van der Waals surface area (Å²) in [5, 5.41) is 3.13. The number of nitrogens with one attached hydrogen (secondary N) is 1. The van der Waals surface area contributed by atoms with Crippen molar-refractivity contribution >= 4 is 5.91 Å². The Morgan fingerprint density at radius 1 is 1.00 bits per heavy atom. The molecule has 0 saturated carbocycles. The zero-order valence-corrected chi connectivity index (χ0v) is 15.7.